The summed E-state index contributed by atoms with van der Waals surface area (Å²) in [6.45, 7) is 7.07. The number of fused-ring (bicyclic) bond motifs is 4. The summed E-state index contributed by atoms with van der Waals surface area (Å²) >= 11 is 0. The molecule has 188 valence electrons. The molecule has 0 aromatic heterocycles. The third kappa shape index (κ3) is 5.87. The van der Waals surface area contributed by atoms with Crippen LogP contribution in [0.15, 0.2) is 18.2 Å². The molecule has 0 spiro atoms. The predicted molar refractivity (Wildman–Crippen MR) is 115 cm³/mol. The van der Waals surface area contributed by atoms with Gasteiger partial charge in [0.2, 0.25) is 0 Å². The fraction of sp³-hybridized carbons (Fsp3) is 0.550. The Bertz CT molecular complexity index is 1070. The number of carbonyl (C=O) groups excluding carboxylic acids is 3. The maximum atomic E-state index is 12.8. The molecule has 0 radical (unpaired) electrons. The van der Waals surface area contributed by atoms with Crippen molar-refractivity contribution in [1.82, 2.24) is 15.3 Å². The summed E-state index contributed by atoms with van der Waals surface area (Å²) in [5.41, 5.74) is 0.159. The minimum absolute atomic E-state index is 0.0749. The van der Waals surface area contributed by atoms with Crippen molar-refractivity contribution < 1.29 is 45.8 Å². The first-order chi connectivity index (χ1) is 15.8. The smallest absolute Gasteiger partial charge is 0.418 e. The van der Waals surface area contributed by atoms with Crippen molar-refractivity contribution in [3.05, 3.63) is 29.3 Å². The highest BCUT2D eigenvalue weighted by atomic mass is 32.3. The Morgan fingerprint density at radius 3 is 2.56 bits per heavy atom. The van der Waals surface area contributed by atoms with Gasteiger partial charge in [-0.15, -0.1) is 4.28 Å². The van der Waals surface area contributed by atoms with Crippen LogP contribution in [-0.4, -0.2) is 72.9 Å². The Kier molecular flexibility index (Phi) is 7.24. The summed E-state index contributed by atoms with van der Waals surface area (Å²) < 4.78 is 52.1. The topological polar surface area (TPSA) is 161 Å². The maximum Gasteiger partial charge on any atom is 0.418 e. The van der Waals surface area contributed by atoms with E-state index in [2.05, 4.69) is 9.60 Å². The minimum atomic E-state index is -5.00. The minimum Gasteiger partial charge on any atom is -0.492 e. The van der Waals surface area contributed by atoms with Crippen LogP contribution in [0, 0.1) is 0 Å². The van der Waals surface area contributed by atoms with Gasteiger partial charge in [0.05, 0.1) is 19.7 Å². The van der Waals surface area contributed by atoms with Crippen LogP contribution in [0.25, 0.3) is 0 Å². The molecule has 2 heterocycles. The lowest BCUT2D eigenvalue weighted by molar-refractivity contribution is -0.148. The molecule has 3 amide bonds. The summed E-state index contributed by atoms with van der Waals surface area (Å²) in [6, 6.07) is 1.70. The molecule has 2 N–H and O–H groups in total. The summed E-state index contributed by atoms with van der Waals surface area (Å²) in [4.78, 5) is 38.2. The van der Waals surface area contributed by atoms with E-state index in [9.17, 15) is 22.8 Å². The van der Waals surface area contributed by atoms with Gasteiger partial charge in [-0.1, -0.05) is 6.07 Å². The lowest BCUT2D eigenvalue weighted by Crippen LogP contribution is -2.39. The molecule has 2 bridgehead atoms. The predicted octanol–water partition coefficient (Wildman–Crippen LogP) is 1.72. The first-order valence-corrected chi connectivity index (χ1v) is 11.8. The second kappa shape index (κ2) is 9.64. The SMILES string of the molecule is CCOC(=O)[C@H]1c2ccc(OCCNC(=O)OC(C)(C)C)cc2[C@@H]2CN1C(=O)N2OS(=O)(=O)O. The number of hydrogen-bond donors (Lipinski definition) is 2. The molecule has 1 aromatic rings. The van der Waals surface area contributed by atoms with E-state index >= 15 is 0 Å². The van der Waals surface area contributed by atoms with Gasteiger partial charge in [0.25, 0.3) is 0 Å². The number of ether oxygens (including phenoxy) is 3. The van der Waals surface area contributed by atoms with Crippen molar-refractivity contribution in [2.24, 2.45) is 0 Å². The van der Waals surface area contributed by atoms with Gasteiger partial charge < -0.3 is 24.4 Å². The number of urea groups is 1. The third-order valence-electron chi connectivity index (χ3n) is 4.83. The second-order valence-electron chi connectivity index (χ2n) is 8.50. The molecule has 1 aromatic carbocycles. The van der Waals surface area contributed by atoms with Crippen LogP contribution in [0.5, 0.6) is 5.75 Å². The largest absolute Gasteiger partial charge is 0.492 e. The second-order valence-corrected chi connectivity index (χ2v) is 9.51. The zero-order valence-corrected chi connectivity index (χ0v) is 20.0. The van der Waals surface area contributed by atoms with E-state index in [0.29, 0.717) is 21.9 Å². The highest BCUT2D eigenvalue weighted by Crippen LogP contribution is 2.45. The zero-order chi connectivity index (χ0) is 25.3. The molecule has 2 aliphatic heterocycles. The molecular formula is C20H27N3O10S. The zero-order valence-electron chi connectivity index (χ0n) is 19.1. The maximum absolute atomic E-state index is 12.8. The lowest BCUT2D eigenvalue weighted by atomic mass is 9.91. The van der Waals surface area contributed by atoms with Crippen LogP contribution < -0.4 is 10.1 Å². The monoisotopic (exact) mass is 501 g/mol. The van der Waals surface area contributed by atoms with Crippen LogP contribution in [0.1, 0.15) is 50.9 Å². The van der Waals surface area contributed by atoms with Crippen molar-refractivity contribution in [3.63, 3.8) is 0 Å². The highest BCUT2D eigenvalue weighted by molar-refractivity contribution is 7.80. The summed E-state index contributed by atoms with van der Waals surface area (Å²) in [6.07, 6.45) is -0.596. The first kappa shape index (κ1) is 25.5. The molecule has 34 heavy (non-hydrogen) atoms. The Labute approximate surface area is 196 Å². The number of hydroxylamine groups is 2. The number of esters is 1. The molecule has 1 saturated heterocycles. The number of alkyl carbamates (subject to hydrolysis) is 1. The van der Waals surface area contributed by atoms with E-state index < -0.39 is 46.2 Å². The number of hydrogen-bond acceptors (Lipinski definition) is 9. The Morgan fingerprint density at radius 2 is 1.94 bits per heavy atom. The number of benzene rings is 1. The molecule has 3 rings (SSSR count). The highest BCUT2D eigenvalue weighted by Gasteiger charge is 2.52. The summed E-state index contributed by atoms with van der Waals surface area (Å²) in [5.74, 6) is -0.355. The van der Waals surface area contributed by atoms with Gasteiger partial charge >= 0.3 is 28.5 Å². The average molecular weight is 502 g/mol. The number of rotatable bonds is 8. The molecule has 13 nitrogen and oxygen atoms in total. The van der Waals surface area contributed by atoms with Crippen LogP contribution >= 0.6 is 0 Å². The molecule has 1 fully saturated rings. The van der Waals surface area contributed by atoms with Gasteiger partial charge in [-0.2, -0.15) is 13.5 Å². The number of nitrogens with zero attached hydrogens (tertiary/aromatic N) is 2. The van der Waals surface area contributed by atoms with Crippen molar-refractivity contribution in [2.45, 2.75) is 45.4 Å². The molecule has 0 unspecified atom stereocenters. The van der Waals surface area contributed by atoms with E-state index in [1.807, 2.05) is 0 Å². The van der Waals surface area contributed by atoms with Crippen LogP contribution in [-0.2, 0) is 29.0 Å². The van der Waals surface area contributed by atoms with Crippen molar-refractivity contribution in [3.8, 4) is 5.75 Å². The van der Waals surface area contributed by atoms with Gasteiger partial charge in [0.1, 0.15) is 24.0 Å². The molecule has 2 aliphatic rings. The number of amides is 3. The molecule has 0 saturated carbocycles. The normalized spacial score (nSPS) is 19.5. The van der Waals surface area contributed by atoms with Gasteiger partial charge in [-0.3, -0.25) is 4.55 Å². The average Bonchev–Trinajstić information content (AvgIpc) is 2.96. The first-order valence-electron chi connectivity index (χ1n) is 10.5. The van der Waals surface area contributed by atoms with E-state index in [1.165, 1.54) is 6.07 Å². The fourth-order valence-corrected chi connectivity index (χ4v) is 4.05. The van der Waals surface area contributed by atoms with E-state index in [1.54, 1.807) is 39.8 Å². The standard InChI is InChI=1S/C20H27N3O10S/c1-5-30-17(24)16-13-7-6-12(31-9-8-21-18(25)32-20(2,3)4)10-14(13)15-11-22(16)19(26)23(15)33-34(27,28)29/h6-7,10,15-16H,5,8-9,11H2,1-4H3,(H,21,25)(H,27,28,29)/t15-,16+/m0/s1. The van der Waals surface area contributed by atoms with Crippen molar-refractivity contribution in [2.75, 3.05) is 26.3 Å². The van der Waals surface area contributed by atoms with E-state index in [-0.39, 0.29) is 26.3 Å². The van der Waals surface area contributed by atoms with Gasteiger partial charge in [-0.25, -0.2) is 14.4 Å². The Hall–Kier alpha value is -3.10. The van der Waals surface area contributed by atoms with Crippen molar-refractivity contribution in [1.29, 1.82) is 0 Å². The fourth-order valence-electron chi connectivity index (χ4n) is 3.68. The summed E-state index contributed by atoms with van der Waals surface area (Å²) in [7, 11) is -5.00. The Morgan fingerprint density at radius 1 is 1.24 bits per heavy atom. The van der Waals surface area contributed by atoms with Crippen molar-refractivity contribution >= 4 is 28.5 Å². The lowest BCUT2D eigenvalue weighted by Gasteiger charge is -2.31. The number of carbonyl (C=O) groups is 3. The van der Waals surface area contributed by atoms with Crippen LogP contribution in [0.3, 0.4) is 0 Å². The third-order valence-corrected chi connectivity index (χ3v) is 5.18. The quantitative estimate of drug-likeness (QED) is 0.305. The van der Waals surface area contributed by atoms with Crippen LogP contribution in [0.4, 0.5) is 9.59 Å². The van der Waals surface area contributed by atoms with E-state index in [0.717, 1.165) is 4.90 Å². The number of nitrogens with one attached hydrogen (secondary N) is 1. The van der Waals surface area contributed by atoms with Gasteiger partial charge in [-0.05, 0) is 51.0 Å². The van der Waals surface area contributed by atoms with E-state index in [4.69, 9.17) is 18.8 Å². The molecular weight excluding hydrogens is 474 g/mol. The van der Waals surface area contributed by atoms with Gasteiger partial charge in [0, 0.05) is 0 Å². The molecule has 14 heteroatoms. The molecule has 0 aliphatic carbocycles. The molecule has 2 atom stereocenters. The van der Waals surface area contributed by atoms with Crippen LogP contribution in [0.2, 0.25) is 0 Å². The summed E-state index contributed by atoms with van der Waals surface area (Å²) in [5, 5.41) is 3.05. The van der Waals surface area contributed by atoms with Gasteiger partial charge in [0.15, 0.2) is 6.04 Å². The Balaban J connectivity index is 1.80.